The summed E-state index contributed by atoms with van der Waals surface area (Å²) in [5.41, 5.74) is 2.23. The molecule has 0 spiro atoms. The fraction of sp³-hybridized carbons (Fsp3) is 0.318. The number of hydrogen-bond acceptors (Lipinski definition) is 3. The molecule has 0 radical (unpaired) electrons. The van der Waals surface area contributed by atoms with Crippen molar-refractivity contribution in [1.82, 2.24) is 9.88 Å². The minimum Gasteiger partial charge on any atom is -0.490 e. The van der Waals surface area contributed by atoms with Crippen molar-refractivity contribution in [2.45, 2.75) is 32.4 Å². The molecule has 5 heteroatoms. The highest BCUT2D eigenvalue weighted by Gasteiger charge is 2.21. The number of pyridine rings is 1. The number of nitrogens with one attached hydrogen (secondary N) is 1. The van der Waals surface area contributed by atoms with E-state index in [1.807, 2.05) is 37.3 Å². The average Bonchev–Trinajstić information content (AvgIpc) is 2.67. The number of aromatic amines is 1. The second-order valence-corrected chi connectivity index (χ2v) is 7.67. The zero-order valence-electron chi connectivity index (χ0n) is 15.4. The Morgan fingerprint density at radius 3 is 2.63 bits per heavy atom. The molecule has 0 saturated carbocycles. The van der Waals surface area contributed by atoms with E-state index in [0.717, 1.165) is 54.2 Å². The van der Waals surface area contributed by atoms with Gasteiger partial charge in [-0.2, -0.15) is 0 Å². The molecule has 1 aromatic heterocycles. The smallest absolute Gasteiger partial charge is 0.255 e. The minimum absolute atomic E-state index is 0.0577. The topological polar surface area (TPSA) is 45.3 Å². The monoisotopic (exact) mass is 382 g/mol. The summed E-state index contributed by atoms with van der Waals surface area (Å²) in [5, 5.41) is 2.40. The number of halogens is 1. The Bertz CT molecular complexity index is 989. The van der Waals surface area contributed by atoms with Crippen LogP contribution in [0, 0.1) is 6.92 Å². The van der Waals surface area contributed by atoms with Gasteiger partial charge >= 0.3 is 0 Å². The number of benzene rings is 2. The molecule has 1 aliphatic rings. The summed E-state index contributed by atoms with van der Waals surface area (Å²) < 4.78 is 6.29. The third-order valence-electron chi connectivity index (χ3n) is 5.22. The number of likely N-dealkylation sites (tertiary alicyclic amines) is 1. The second kappa shape index (κ2) is 7.75. The highest BCUT2D eigenvalue weighted by Crippen LogP contribution is 2.27. The second-order valence-electron chi connectivity index (χ2n) is 7.23. The molecule has 1 N–H and O–H groups in total. The number of rotatable bonds is 4. The molecule has 1 fully saturated rings. The van der Waals surface area contributed by atoms with E-state index in [9.17, 15) is 4.79 Å². The van der Waals surface area contributed by atoms with E-state index < -0.39 is 0 Å². The first-order chi connectivity index (χ1) is 13.1. The van der Waals surface area contributed by atoms with Gasteiger partial charge in [0.05, 0.1) is 0 Å². The normalized spacial score (nSPS) is 15.9. The van der Waals surface area contributed by atoms with Crippen molar-refractivity contribution in [2.75, 3.05) is 13.1 Å². The van der Waals surface area contributed by atoms with Crippen molar-refractivity contribution in [1.29, 1.82) is 0 Å². The highest BCUT2D eigenvalue weighted by molar-refractivity contribution is 6.30. The Morgan fingerprint density at radius 2 is 1.89 bits per heavy atom. The van der Waals surface area contributed by atoms with Crippen LogP contribution in [0.1, 0.15) is 24.0 Å². The van der Waals surface area contributed by atoms with Crippen LogP contribution >= 0.6 is 11.6 Å². The maximum atomic E-state index is 11.9. The Morgan fingerprint density at radius 1 is 1.15 bits per heavy atom. The van der Waals surface area contributed by atoms with Crippen molar-refractivity contribution < 1.29 is 4.74 Å². The van der Waals surface area contributed by atoms with Gasteiger partial charge in [-0.05, 0) is 66.6 Å². The lowest BCUT2D eigenvalue weighted by Gasteiger charge is -2.32. The molecule has 140 valence electrons. The third kappa shape index (κ3) is 4.18. The zero-order chi connectivity index (χ0) is 18.8. The van der Waals surface area contributed by atoms with E-state index in [0.29, 0.717) is 5.39 Å². The summed E-state index contributed by atoms with van der Waals surface area (Å²) >= 11 is 5.96. The van der Waals surface area contributed by atoms with E-state index >= 15 is 0 Å². The molecule has 0 aliphatic carbocycles. The van der Waals surface area contributed by atoms with Gasteiger partial charge in [-0.3, -0.25) is 9.69 Å². The summed E-state index contributed by atoms with van der Waals surface area (Å²) in [6.45, 7) is 4.97. The summed E-state index contributed by atoms with van der Waals surface area (Å²) in [6, 6.07) is 13.9. The van der Waals surface area contributed by atoms with E-state index in [1.54, 1.807) is 6.20 Å². The van der Waals surface area contributed by atoms with E-state index in [-0.39, 0.29) is 11.7 Å². The number of ether oxygens (including phenoxy) is 1. The predicted octanol–water partition coefficient (Wildman–Crippen LogP) is 4.53. The lowest BCUT2D eigenvalue weighted by molar-refractivity contribution is 0.0964. The van der Waals surface area contributed by atoms with Gasteiger partial charge in [0, 0.05) is 36.2 Å². The van der Waals surface area contributed by atoms with Crippen molar-refractivity contribution in [3.63, 3.8) is 0 Å². The van der Waals surface area contributed by atoms with E-state index in [2.05, 4.69) is 22.0 Å². The van der Waals surface area contributed by atoms with Crippen molar-refractivity contribution >= 4 is 22.4 Å². The van der Waals surface area contributed by atoms with Crippen LogP contribution in [-0.2, 0) is 6.54 Å². The fourth-order valence-corrected chi connectivity index (χ4v) is 3.79. The summed E-state index contributed by atoms with van der Waals surface area (Å²) in [4.78, 5) is 17.1. The number of nitrogens with zero attached hydrogens (tertiary/aromatic N) is 1. The van der Waals surface area contributed by atoms with Crippen molar-refractivity contribution in [3.8, 4) is 5.75 Å². The van der Waals surface area contributed by atoms with Gasteiger partial charge in [-0.25, -0.2) is 0 Å². The average molecular weight is 383 g/mol. The van der Waals surface area contributed by atoms with Crippen molar-refractivity contribution in [2.24, 2.45) is 0 Å². The molecule has 0 bridgehead atoms. The first-order valence-corrected chi connectivity index (χ1v) is 9.72. The lowest BCUT2D eigenvalue weighted by atomic mass is 10.1. The number of aryl methyl sites for hydroxylation is 1. The molecule has 1 aliphatic heterocycles. The molecule has 0 unspecified atom stereocenters. The zero-order valence-corrected chi connectivity index (χ0v) is 16.1. The lowest BCUT2D eigenvalue weighted by Crippen LogP contribution is -2.37. The van der Waals surface area contributed by atoms with Crippen LogP contribution in [0.3, 0.4) is 0 Å². The third-order valence-corrected chi connectivity index (χ3v) is 5.47. The maximum Gasteiger partial charge on any atom is 0.255 e. The first-order valence-electron chi connectivity index (χ1n) is 9.34. The van der Waals surface area contributed by atoms with Crippen molar-refractivity contribution in [3.05, 3.63) is 75.2 Å². The highest BCUT2D eigenvalue weighted by atomic mass is 35.5. The minimum atomic E-state index is -0.0577. The van der Waals surface area contributed by atoms with Gasteiger partial charge in [-0.15, -0.1) is 0 Å². The summed E-state index contributed by atoms with van der Waals surface area (Å²) in [6.07, 6.45) is 3.89. The van der Waals surface area contributed by atoms with Crippen LogP contribution in [0.4, 0.5) is 0 Å². The van der Waals surface area contributed by atoms with E-state index in [4.69, 9.17) is 16.3 Å². The molecule has 2 aromatic carbocycles. The maximum absolute atomic E-state index is 11.9. The van der Waals surface area contributed by atoms with Gasteiger partial charge < -0.3 is 9.72 Å². The van der Waals surface area contributed by atoms with Crippen LogP contribution in [-0.4, -0.2) is 29.1 Å². The summed E-state index contributed by atoms with van der Waals surface area (Å²) in [7, 11) is 0. The fourth-order valence-electron chi connectivity index (χ4n) is 3.66. The number of hydrogen-bond donors (Lipinski definition) is 1. The van der Waals surface area contributed by atoms with Gasteiger partial charge in [-0.1, -0.05) is 23.7 Å². The molecule has 2 heterocycles. The first kappa shape index (κ1) is 18.1. The molecule has 3 aromatic rings. The Kier molecular flexibility index (Phi) is 5.19. The van der Waals surface area contributed by atoms with Crippen LogP contribution in [0.5, 0.6) is 5.75 Å². The summed E-state index contributed by atoms with van der Waals surface area (Å²) in [5.74, 6) is 0.879. The molecule has 4 nitrogen and oxygen atoms in total. The molecule has 0 atom stereocenters. The number of piperidine rings is 1. The Balaban J connectivity index is 1.39. The largest absolute Gasteiger partial charge is 0.490 e. The number of H-pyrrole nitrogens is 1. The Hall–Kier alpha value is -2.30. The van der Waals surface area contributed by atoms with Gasteiger partial charge in [0.1, 0.15) is 11.9 Å². The van der Waals surface area contributed by atoms with Crippen LogP contribution < -0.4 is 10.3 Å². The van der Waals surface area contributed by atoms with Crippen LogP contribution in [0.15, 0.2) is 53.5 Å². The van der Waals surface area contributed by atoms with Crippen LogP contribution in [0.2, 0.25) is 5.02 Å². The molecule has 4 rings (SSSR count). The molecular weight excluding hydrogens is 360 g/mol. The van der Waals surface area contributed by atoms with Gasteiger partial charge in [0.25, 0.3) is 5.56 Å². The quantitative estimate of drug-likeness (QED) is 0.720. The van der Waals surface area contributed by atoms with E-state index in [1.165, 1.54) is 5.56 Å². The standard InChI is InChI=1S/C22H23ClN2O2/c1-15-12-20-17(6-9-24-22(20)26)13-21(15)27-19-7-10-25(11-8-19)14-16-2-4-18(23)5-3-16/h2-6,9,12-13,19H,7-8,10-11,14H2,1H3,(H,24,26). The number of aromatic nitrogens is 1. The SMILES string of the molecule is Cc1cc2c(=O)[nH]ccc2cc1OC1CCN(Cc2ccc(Cl)cc2)CC1. The molecule has 0 amide bonds. The number of fused-ring (bicyclic) bond motifs is 1. The molecule has 27 heavy (non-hydrogen) atoms. The van der Waals surface area contributed by atoms with Gasteiger partial charge in [0.15, 0.2) is 0 Å². The predicted molar refractivity (Wildman–Crippen MR) is 110 cm³/mol. The van der Waals surface area contributed by atoms with Crippen LogP contribution in [0.25, 0.3) is 10.8 Å². The molecular formula is C22H23ClN2O2. The van der Waals surface area contributed by atoms with Gasteiger partial charge in [0.2, 0.25) is 0 Å². The molecule has 1 saturated heterocycles. The Labute approximate surface area is 163 Å².